The molecule has 1 heterocycles. The van der Waals surface area contributed by atoms with Gasteiger partial charge in [0.15, 0.2) is 0 Å². The molecular formula is C26H32N3O6P. The first-order valence-corrected chi connectivity index (χ1v) is 13.5. The van der Waals surface area contributed by atoms with E-state index in [0.717, 1.165) is 16.3 Å². The number of carbonyl (C=O) groups is 1. The average Bonchev–Trinajstić information content (AvgIpc) is 2.81. The highest BCUT2D eigenvalue weighted by Crippen LogP contribution is 2.46. The van der Waals surface area contributed by atoms with Crippen LogP contribution in [0.5, 0.6) is 5.75 Å². The second-order valence-corrected chi connectivity index (χ2v) is 11.2. The highest BCUT2D eigenvalue weighted by molar-refractivity contribution is 7.57. The number of carbonyl (C=O) groups excluding carboxylic acids is 1. The lowest BCUT2D eigenvalue weighted by molar-refractivity contribution is -0.149. The lowest BCUT2D eigenvalue weighted by atomic mass is 10.1. The summed E-state index contributed by atoms with van der Waals surface area (Å²) < 4.78 is 26.8. The molecule has 0 spiro atoms. The third-order valence-corrected chi connectivity index (χ3v) is 7.32. The normalized spacial score (nSPS) is 14.4. The van der Waals surface area contributed by atoms with E-state index in [1.165, 1.54) is 10.8 Å². The van der Waals surface area contributed by atoms with Crippen molar-refractivity contribution >= 4 is 24.3 Å². The van der Waals surface area contributed by atoms with Gasteiger partial charge >= 0.3 is 19.2 Å². The second-order valence-electron chi connectivity index (χ2n) is 9.01. The predicted octanol–water partition coefficient (Wildman–Crippen LogP) is 4.15. The molecule has 0 aliphatic carbocycles. The van der Waals surface area contributed by atoms with Crippen molar-refractivity contribution in [1.82, 2.24) is 14.6 Å². The number of ether oxygens (including phenoxy) is 1. The number of rotatable bonds is 10. The molecule has 2 atom stereocenters. The largest absolute Gasteiger partial charge is 0.462 e. The molecule has 0 saturated carbocycles. The summed E-state index contributed by atoms with van der Waals surface area (Å²) in [5.41, 5.74) is 0.171. The van der Waals surface area contributed by atoms with Crippen LogP contribution in [0.2, 0.25) is 0 Å². The van der Waals surface area contributed by atoms with Crippen molar-refractivity contribution in [1.29, 1.82) is 0 Å². The zero-order valence-corrected chi connectivity index (χ0v) is 22.0. The summed E-state index contributed by atoms with van der Waals surface area (Å²) in [5.74, 6) is -0.116. The Balaban J connectivity index is 1.89. The van der Waals surface area contributed by atoms with E-state index in [0.29, 0.717) is 11.3 Å². The summed E-state index contributed by atoms with van der Waals surface area (Å²) in [7, 11) is -3.66. The number of H-pyrrole nitrogens is 1. The fourth-order valence-electron chi connectivity index (χ4n) is 3.58. The topological polar surface area (TPSA) is 119 Å². The SMILES string of the molecule is C/C(=C/CP(=O)(N[C@@H](C)C(=O)OC(C)C)Oc1cccc2ccccc12)Cn1cc(C)c(=O)[nH]c1=O. The van der Waals surface area contributed by atoms with Crippen LogP contribution in [0.15, 0.2) is 69.9 Å². The molecule has 3 rings (SSSR count). The van der Waals surface area contributed by atoms with E-state index in [1.54, 1.807) is 46.8 Å². The van der Waals surface area contributed by atoms with Crippen molar-refractivity contribution in [2.45, 2.75) is 53.3 Å². The molecule has 0 saturated heterocycles. The average molecular weight is 514 g/mol. The van der Waals surface area contributed by atoms with Gasteiger partial charge in [-0.3, -0.25) is 23.7 Å². The maximum atomic E-state index is 14.0. The summed E-state index contributed by atoms with van der Waals surface area (Å²) in [5, 5.41) is 4.57. The van der Waals surface area contributed by atoms with Gasteiger partial charge in [0.25, 0.3) is 5.56 Å². The highest BCUT2D eigenvalue weighted by Gasteiger charge is 2.30. The minimum Gasteiger partial charge on any atom is -0.462 e. The van der Waals surface area contributed by atoms with Crippen molar-refractivity contribution in [3.8, 4) is 5.75 Å². The van der Waals surface area contributed by atoms with Crippen LogP contribution in [0.1, 0.15) is 33.3 Å². The molecular weight excluding hydrogens is 481 g/mol. The summed E-state index contributed by atoms with van der Waals surface area (Å²) >= 11 is 0. The molecule has 1 aromatic heterocycles. The van der Waals surface area contributed by atoms with E-state index >= 15 is 0 Å². The van der Waals surface area contributed by atoms with Gasteiger partial charge in [0.2, 0.25) is 0 Å². The number of aromatic amines is 1. The molecule has 0 amide bonds. The second kappa shape index (κ2) is 11.5. The molecule has 0 aliphatic heterocycles. The lowest BCUT2D eigenvalue weighted by Crippen LogP contribution is -2.36. The first-order chi connectivity index (χ1) is 17.0. The van der Waals surface area contributed by atoms with E-state index < -0.39 is 30.8 Å². The number of hydrogen-bond donors (Lipinski definition) is 2. The van der Waals surface area contributed by atoms with Gasteiger partial charge in [0.1, 0.15) is 11.8 Å². The van der Waals surface area contributed by atoms with E-state index in [1.807, 2.05) is 36.4 Å². The van der Waals surface area contributed by atoms with Crippen LogP contribution >= 0.6 is 7.52 Å². The van der Waals surface area contributed by atoms with Crippen molar-refractivity contribution in [3.63, 3.8) is 0 Å². The third-order valence-electron chi connectivity index (χ3n) is 5.38. The molecule has 9 nitrogen and oxygen atoms in total. The number of benzene rings is 2. The van der Waals surface area contributed by atoms with Gasteiger partial charge in [-0.2, -0.15) is 0 Å². The fraction of sp³-hybridized carbons (Fsp3) is 0.346. The first-order valence-electron chi connectivity index (χ1n) is 11.7. The van der Waals surface area contributed by atoms with E-state index in [2.05, 4.69) is 10.1 Å². The van der Waals surface area contributed by atoms with Crippen LogP contribution in [0.25, 0.3) is 10.8 Å². The first kappa shape index (κ1) is 27.2. The zero-order valence-electron chi connectivity index (χ0n) is 21.1. The van der Waals surface area contributed by atoms with Crippen LogP contribution in [0.4, 0.5) is 0 Å². The summed E-state index contributed by atoms with van der Waals surface area (Å²) in [6.07, 6.45) is 2.82. The molecule has 2 aromatic carbocycles. The van der Waals surface area contributed by atoms with E-state index in [4.69, 9.17) is 9.26 Å². The van der Waals surface area contributed by atoms with E-state index in [9.17, 15) is 18.9 Å². The molecule has 2 N–H and O–H groups in total. The molecule has 0 fully saturated rings. The quantitative estimate of drug-likeness (QED) is 0.237. The van der Waals surface area contributed by atoms with Crippen LogP contribution < -0.4 is 20.9 Å². The van der Waals surface area contributed by atoms with Gasteiger partial charge in [-0.05, 0) is 46.1 Å². The van der Waals surface area contributed by atoms with Crippen LogP contribution in [0.3, 0.4) is 0 Å². The van der Waals surface area contributed by atoms with Crippen molar-refractivity contribution < 1.29 is 18.6 Å². The monoisotopic (exact) mass is 513 g/mol. The number of aryl methyl sites for hydroxylation is 1. The summed E-state index contributed by atoms with van der Waals surface area (Å²) in [6.45, 7) is 8.64. The van der Waals surface area contributed by atoms with Gasteiger partial charge < -0.3 is 9.26 Å². The minimum absolute atomic E-state index is 0.0432. The highest BCUT2D eigenvalue weighted by atomic mass is 31.2. The van der Waals surface area contributed by atoms with Crippen LogP contribution in [0, 0.1) is 6.92 Å². The lowest BCUT2D eigenvalue weighted by Gasteiger charge is -2.24. The Bertz CT molecular complexity index is 1430. The number of nitrogens with one attached hydrogen (secondary N) is 2. The van der Waals surface area contributed by atoms with Gasteiger partial charge in [-0.1, -0.05) is 48.0 Å². The molecule has 192 valence electrons. The summed E-state index contributed by atoms with van der Waals surface area (Å²) in [4.78, 5) is 38.5. The molecule has 36 heavy (non-hydrogen) atoms. The van der Waals surface area contributed by atoms with Crippen molar-refractivity contribution in [3.05, 3.63) is 86.7 Å². The molecule has 3 aromatic rings. The Kier molecular flexibility index (Phi) is 8.71. The number of aromatic nitrogens is 2. The Morgan fingerprint density at radius 2 is 1.83 bits per heavy atom. The Labute approximate surface area is 209 Å². The maximum absolute atomic E-state index is 14.0. The van der Waals surface area contributed by atoms with E-state index in [-0.39, 0.29) is 18.8 Å². The number of hydrogen-bond acceptors (Lipinski definition) is 6. The third kappa shape index (κ3) is 7.06. The number of fused-ring (bicyclic) bond motifs is 1. The minimum atomic E-state index is -3.66. The summed E-state index contributed by atoms with van der Waals surface area (Å²) in [6, 6.07) is 12.2. The Morgan fingerprint density at radius 1 is 1.14 bits per heavy atom. The Hall–Kier alpha value is -3.42. The van der Waals surface area contributed by atoms with Gasteiger partial charge in [-0.15, -0.1) is 0 Å². The van der Waals surface area contributed by atoms with Crippen molar-refractivity contribution in [2.75, 3.05) is 6.16 Å². The standard InChI is InChI=1S/C26H32N3O6P/c1-17(2)34-25(31)20(5)28-36(33,35-23-12-8-10-21-9-6-7-11-22(21)23)14-13-18(3)15-29-16-19(4)24(30)27-26(29)32/h6-13,16-17,20H,14-15H2,1-5H3,(H,28,33)(H,27,30,32)/b18-13-/t20-,36?/m0/s1. The van der Waals surface area contributed by atoms with Gasteiger partial charge in [0, 0.05) is 23.7 Å². The molecule has 0 bridgehead atoms. The van der Waals surface area contributed by atoms with Crippen molar-refractivity contribution in [2.24, 2.45) is 0 Å². The smallest absolute Gasteiger partial charge is 0.328 e. The number of nitrogens with zero attached hydrogens (tertiary/aromatic N) is 1. The van der Waals surface area contributed by atoms with Gasteiger partial charge in [0.05, 0.1) is 12.3 Å². The fourth-order valence-corrected chi connectivity index (χ4v) is 5.53. The molecule has 0 radical (unpaired) electrons. The zero-order chi connectivity index (χ0) is 26.5. The van der Waals surface area contributed by atoms with Crippen LogP contribution in [-0.2, 0) is 20.6 Å². The predicted molar refractivity (Wildman–Crippen MR) is 141 cm³/mol. The Morgan fingerprint density at radius 3 is 2.56 bits per heavy atom. The molecule has 1 unspecified atom stereocenters. The molecule has 0 aliphatic rings. The van der Waals surface area contributed by atoms with Gasteiger partial charge in [-0.25, -0.2) is 9.88 Å². The number of esters is 1. The maximum Gasteiger partial charge on any atom is 0.328 e. The molecule has 10 heteroatoms. The number of allylic oxidation sites excluding steroid dienone is 2. The van der Waals surface area contributed by atoms with Crippen LogP contribution in [-0.4, -0.2) is 33.8 Å².